The molecule has 0 unspecified atom stereocenters. The summed E-state index contributed by atoms with van der Waals surface area (Å²) in [5, 5.41) is 5.46. The van der Waals surface area contributed by atoms with Gasteiger partial charge in [0.05, 0.1) is 10.4 Å². The number of carbonyl (C=O) groups is 2. The van der Waals surface area contributed by atoms with Crippen LogP contribution in [0.4, 0.5) is 0 Å². The van der Waals surface area contributed by atoms with Crippen LogP contribution in [0.3, 0.4) is 0 Å². The van der Waals surface area contributed by atoms with Crippen LogP contribution in [0.15, 0.2) is 69.9 Å². The maximum absolute atomic E-state index is 12.8. The first-order valence-corrected chi connectivity index (χ1v) is 10.3. The molecule has 0 radical (unpaired) electrons. The molecule has 0 saturated carbocycles. The molecule has 8 nitrogen and oxygen atoms in total. The molecule has 2 heterocycles. The van der Waals surface area contributed by atoms with Gasteiger partial charge in [0.15, 0.2) is 11.5 Å². The molecule has 0 aliphatic heterocycles. The van der Waals surface area contributed by atoms with Crippen LogP contribution in [0.5, 0.6) is 0 Å². The zero-order valence-electron chi connectivity index (χ0n) is 17.1. The third-order valence-electron chi connectivity index (χ3n) is 4.78. The summed E-state index contributed by atoms with van der Waals surface area (Å²) in [5.74, 6) is -0.888. The van der Waals surface area contributed by atoms with E-state index in [-0.39, 0.29) is 17.0 Å². The number of aromatic nitrogens is 2. The highest BCUT2D eigenvalue weighted by atomic mass is 35.5. The summed E-state index contributed by atoms with van der Waals surface area (Å²) in [6, 6.07) is 16.9. The Balaban J connectivity index is 1.54. The van der Waals surface area contributed by atoms with Crippen molar-refractivity contribution in [2.45, 2.75) is 19.9 Å². The number of furan rings is 1. The number of carbonyl (C=O) groups excluding carboxylic acids is 2. The summed E-state index contributed by atoms with van der Waals surface area (Å²) in [5.41, 5.74) is 5.06. The molecule has 0 atom stereocenters. The molecular weight excluding hydrogens is 432 g/mol. The summed E-state index contributed by atoms with van der Waals surface area (Å²) in [4.78, 5) is 37.8. The van der Waals surface area contributed by atoms with Crippen molar-refractivity contribution in [2.75, 3.05) is 0 Å². The van der Waals surface area contributed by atoms with Crippen molar-refractivity contribution in [2.24, 2.45) is 0 Å². The molecule has 9 heteroatoms. The Morgan fingerprint density at radius 3 is 2.41 bits per heavy atom. The predicted molar refractivity (Wildman–Crippen MR) is 120 cm³/mol. The van der Waals surface area contributed by atoms with Gasteiger partial charge in [0.2, 0.25) is 0 Å². The fraction of sp³-hybridized carbons (Fsp3) is 0.130. The van der Waals surface area contributed by atoms with Gasteiger partial charge in [-0.2, -0.15) is 5.10 Å². The molecular formula is C23H19ClN4O4. The molecule has 162 valence electrons. The van der Waals surface area contributed by atoms with E-state index in [0.29, 0.717) is 40.1 Å². The van der Waals surface area contributed by atoms with Crippen molar-refractivity contribution in [3.63, 3.8) is 0 Å². The van der Waals surface area contributed by atoms with E-state index in [1.807, 2.05) is 6.92 Å². The average molecular weight is 451 g/mol. The maximum atomic E-state index is 12.8. The molecule has 0 aliphatic carbocycles. The number of hydrazine groups is 1. The first-order valence-electron chi connectivity index (χ1n) is 9.95. The largest absolute Gasteiger partial charge is 0.451 e. The Morgan fingerprint density at radius 1 is 0.969 bits per heavy atom. The number of nitrogens with one attached hydrogen (secondary N) is 2. The number of hydrogen-bond donors (Lipinski definition) is 2. The fourth-order valence-electron chi connectivity index (χ4n) is 3.27. The average Bonchev–Trinajstić information content (AvgIpc) is 3.30. The summed E-state index contributed by atoms with van der Waals surface area (Å²) in [6.07, 6.45) is 0.676. The summed E-state index contributed by atoms with van der Waals surface area (Å²) in [6.45, 7) is 2.27. The number of nitrogens with zero attached hydrogens (tertiary/aromatic N) is 2. The quantitative estimate of drug-likeness (QED) is 0.450. The van der Waals surface area contributed by atoms with Gasteiger partial charge in [-0.3, -0.25) is 25.2 Å². The Hall–Kier alpha value is -3.91. The van der Waals surface area contributed by atoms with Gasteiger partial charge in [0.25, 0.3) is 11.5 Å². The minimum Gasteiger partial charge on any atom is -0.451 e. The van der Waals surface area contributed by atoms with Crippen molar-refractivity contribution in [3.05, 3.63) is 87.5 Å². The topological polar surface area (TPSA) is 106 Å². The SMILES string of the molecule is CCCn1nc(C(=O)NNC(=O)c2ccc(-c3ccccc3Cl)o2)c2ccccc2c1=O. The highest BCUT2D eigenvalue weighted by Gasteiger charge is 2.19. The van der Waals surface area contributed by atoms with Gasteiger partial charge in [0, 0.05) is 17.5 Å². The summed E-state index contributed by atoms with van der Waals surface area (Å²) < 4.78 is 6.83. The Kier molecular flexibility index (Phi) is 6.04. The maximum Gasteiger partial charge on any atom is 0.305 e. The molecule has 4 aromatic rings. The number of amides is 2. The molecule has 0 fully saturated rings. The second-order valence-corrected chi connectivity index (χ2v) is 7.38. The number of aryl methyl sites for hydroxylation is 1. The van der Waals surface area contributed by atoms with Crippen LogP contribution in [0.25, 0.3) is 22.1 Å². The fourth-order valence-corrected chi connectivity index (χ4v) is 3.50. The molecule has 2 amide bonds. The second kappa shape index (κ2) is 9.07. The summed E-state index contributed by atoms with van der Waals surface area (Å²) >= 11 is 6.16. The number of benzene rings is 2. The van der Waals surface area contributed by atoms with Gasteiger partial charge in [-0.1, -0.05) is 48.9 Å². The van der Waals surface area contributed by atoms with Crippen molar-refractivity contribution >= 4 is 34.2 Å². The highest BCUT2D eigenvalue weighted by Crippen LogP contribution is 2.28. The molecule has 0 spiro atoms. The van der Waals surface area contributed by atoms with Crippen LogP contribution in [0.2, 0.25) is 5.02 Å². The van der Waals surface area contributed by atoms with Gasteiger partial charge >= 0.3 is 5.91 Å². The molecule has 0 saturated heterocycles. The van der Waals surface area contributed by atoms with Gasteiger partial charge in [-0.05, 0) is 36.8 Å². The molecule has 4 rings (SSSR count). The molecule has 2 aromatic carbocycles. The highest BCUT2D eigenvalue weighted by molar-refractivity contribution is 6.33. The first kappa shape index (κ1) is 21.3. The van der Waals surface area contributed by atoms with Crippen molar-refractivity contribution in [3.8, 4) is 11.3 Å². The predicted octanol–water partition coefficient (Wildman–Crippen LogP) is 3.79. The van der Waals surface area contributed by atoms with Gasteiger partial charge in [-0.15, -0.1) is 0 Å². The van der Waals surface area contributed by atoms with Crippen LogP contribution in [-0.2, 0) is 6.54 Å². The third-order valence-corrected chi connectivity index (χ3v) is 5.11. The van der Waals surface area contributed by atoms with E-state index in [0.717, 1.165) is 0 Å². The van der Waals surface area contributed by atoms with Crippen LogP contribution < -0.4 is 16.4 Å². The van der Waals surface area contributed by atoms with E-state index in [9.17, 15) is 14.4 Å². The van der Waals surface area contributed by atoms with Crippen LogP contribution in [0.1, 0.15) is 34.4 Å². The van der Waals surface area contributed by atoms with Crippen LogP contribution >= 0.6 is 11.6 Å². The lowest BCUT2D eigenvalue weighted by Crippen LogP contribution is -2.42. The molecule has 2 N–H and O–H groups in total. The zero-order chi connectivity index (χ0) is 22.7. The van der Waals surface area contributed by atoms with Gasteiger partial charge < -0.3 is 4.42 Å². The molecule has 32 heavy (non-hydrogen) atoms. The molecule has 0 bridgehead atoms. The van der Waals surface area contributed by atoms with Crippen molar-refractivity contribution in [1.29, 1.82) is 0 Å². The van der Waals surface area contributed by atoms with Gasteiger partial charge in [0.1, 0.15) is 5.76 Å². The monoisotopic (exact) mass is 450 g/mol. The van der Waals surface area contributed by atoms with E-state index in [1.165, 1.54) is 10.7 Å². The van der Waals surface area contributed by atoms with E-state index in [4.69, 9.17) is 16.0 Å². The Bertz CT molecular complexity index is 1380. The van der Waals surface area contributed by atoms with E-state index >= 15 is 0 Å². The number of halogens is 1. The normalized spacial score (nSPS) is 10.8. The van der Waals surface area contributed by atoms with Gasteiger partial charge in [-0.25, -0.2) is 4.68 Å². The third kappa shape index (κ3) is 4.13. The minimum atomic E-state index is -0.655. The smallest absolute Gasteiger partial charge is 0.305 e. The van der Waals surface area contributed by atoms with Crippen LogP contribution in [-0.4, -0.2) is 21.6 Å². The van der Waals surface area contributed by atoms with Crippen molar-refractivity contribution in [1.82, 2.24) is 20.6 Å². The van der Waals surface area contributed by atoms with Crippen molar-refractivity contribution < 1.29 is 14.0 Å². The minimum absolute atomic E-state index is 0.00556. The summed E-state index contributed by atoms with van der Waals surface area (Å²) in [7, 11) is 0. The Labute approximate surface area is 187 Å². The molecule has 2 aromatic heterocycles. The number of hydrogen-bond acceptors (Lipinski definition) is 5. The second-order valence-electron chi connectivity index (χ2n) is 6.97. The number of fused-ring (bicyclic) bond motifs is 1. The van der Waals surface area contributed by atoms with E-state index in [2.05, 4.69) is 16.0 Å². The lowest BCUT2D eigenvalue weighted by molar-refractivity contribution is 0.0828. The molecule has 0 aliphatic rings. The first-order chi connectivity index (χ1) is 15.5. The standard InChI is InChI=1S/C23H19ClN4O4/c1-2-13-28-23(31)15-8-4-3-7-14(15)20(27-28)22(30)26-25-21(29)19-12-11-18(32-19)16-9-5-6-10-17(16)24/h3-12H,2,13H2,1H3,(H,25,29)(H,26,30). The number of rotatable bonds is 5. The Morgan fingerprint density at radius 2 is 1.66 bits per heavy atom. The van der Waals surface area contributed by atoms with Crippen LogP contribution in [0, 0.1) is 0 Å². The lowest BCUT2D eigenvalue weighted by Gasteiger charge is -2.11. The van der Waals surface area contributed by atoms with E-state index in [1.54, 1.807) is 54.6 Å². The van der Waals surface area contributed by atoms with E-state index < -0.39 is 11.8 Å². The zero-order valence-corrected chi connectivity index (χ0v) is 17.8. The lowest BCUT2D eigenvalue weighted by atomic mass is 10.1.